The number of nitrogens with two attached hydrogens (primary N) is 1. The number of benzene rings is 1. The van der Waals surface area contributed by atoms with E-state index in [1.807, 2.05) is 0 Å². The van der Waals surface area contributed by atoms with Crippen molar-refractivity contribution in [3.63, 3.8) is 0 Å². The molecule has 1 nitrogen and oxygen atoms in total. The molecular formula is C16H25N. The third-order valence-corrected chi connectivity index (χ3v) is 4.33. The first-order valence-electron chi connectivity index (χ1n) is 6.92. The number of hydrogen-bond acceptors (Lipinski definition) is 1. The normalized spacial score (nSPS) is 22.2. The quantitative estimate of drug-likeness (QED) is 0.842. The summed E-state index contributed by atoms with van der Waals surface area (Å²) in [5, 5.41) is 0. The van der Waals surface area contributed by atoms with Crippen molar-refractivity contribution in [2.45, 2.75) is 57.8 Å². The minimum Gasteiger partial charge on any atom is -0.330 e. The van der Waals surface area contributed by atoms with Gasteiger partial charge in [-0.05, 0) is 60.3 Å². The van der Waals surface area contributed by atoms with Crippen molar-refractivity contribution >= 4 is 0 Å². The molecule has 1 aliphatic carbocycles. The second-order valence-corrected chi connectivity index (χ2v) is 5.97. The maximum atomic E-state index is 5.75. The van der Waals surface area contributed by atoms with Crippen molar-refractivity contribution < 1.29 is 0 Å². The van der Waals surface area contributed by atoms with Crippen molar-refractivity contribution in [3.8, 4) is 0 Å². The summed E-state index contributed by atoms with van der Waals surface area (Å²) >= 11 is 0. The van der Waals surface area contributed by atoms with Crippen LogP contribution in [-0.4, -0.2) is 6.54 Å². The van der Waals surface area contributed by atoms with E-state index in [9.17, 15) is 0 Å². The topological polar surface area (TPSA) is 26.0 Å². The number of hydrogen-bond donors (Lipinski definition) is 1. The Labute approximate surface area is 105 Å². The zero-order valence-corrected chi connectivity index (χ0v) is 11.4. The molecule has 0 heterocycles. The Morgan fingerprint density at radius 3 is 2.76 bits per heavy atom. The zero-order valence-electron chi connectivity index (χ0n) is 11.4. The number of aryl methyl sites for hydroxylation is 1. The van der Waals surface area contributed by atoms with Gasteiger partial charge < -0.3 is 5.73 Å². The Balaban J connectivity index is 2.44. The van der Waals surface area contributed by atoms with Gasteiger partial charge in [-0.15, -0.1) is 0 Å². The predicted molar refractivity (Wildman–Crippen MR) is 74.5 cm³/mol. The van der Waals surface area contributed by atoms with Gasteiger partial charge in [0.25, 0.3) is 0 Å². The fourth-order valence-corrected chi connectivity index (χ4v) is 3.11. The van der Waals surface area contributed by atoms with Crippen molar-refractivity contribution in [1.29, 1.82) is 0 Å². The van der Waals surface area contributed by atoms with E-state index in [2.05, 4.69) is 39.0 Å². The fraction of sp³-hybridized carbons (Fsp3) is 0.625. The monoisotopic (exact) mass is 231 g/mol. The van der Waals surface area contributed by atoms with Crippen LogP contribution in [0.5, 0.6) is 0 Å². The third kappa shape index (κ3) is 2.40. The highest BCUT2D eigenvalue weighted by atomic mass is 14.5. The van der Waals surface area contributed by atoms with E-state index >= 15 is 0 Å². The molecule has 2 N–H and O–H groups in total. The highest BCUT2D eigenvalue weighted by Gasteiger charge is 2.32. The summed E-state index contributed by atoms with van der Waals surface area (Å²) in [5.41, 5.74) is 10.7. The van der Waals surface area contributed by atoms with Crippen molar-refractivity contribution in [2.75, 3.05) is 6.54 Å². The SMILES string of the molecule is CCc1ccc2c(c1)C(CCN)CCC2(C)C. The largest absolute Gasteiger partial charge is 0.330 e. The zero-order chi connectivity index (χ0) is 12.5. The molecule has 94 valence electrons. The number of rotatable bonds is 3. The van der Waals surface area contributed by atoms with Crippen molar-refractivity contribution in [2.24, 2.45) is 5.73 Å². The summed E-state index contributed by atoms with van der Waals surface area (Å²) in [4.78, 5) is 0. The first-order valence-corrected chi connectivity index (χ1v) is 6.92. The van der Waals surface area contributed by atoms with Gasteiger partial charge in [0.1, 0.15) is 0 Å². The van der Waals surface area contributed by atoms with Gasteiger partial charge in [-0.2, -0.15) is 0 Å². The van der Waals surface area contributed by atoms with Gasteiger partial charge in [0, 0.05) is 0 Å². The summed E-state index contributed by atoms with van der Waals surface area (Å²) in [6.45, 7) is 7.78. The maximum Gasteiger partial charge on any atom is -0.00714 e. The van der Waals surface area contributed by atoms with Crippen molar-refractivity contribution in [3.05, 3.63) is 34.9 Å². The lowest BCUT2D eigenvalue weighted by Gasteiger charge is -2.37. The van der Waals surface area contributed by atoms with Crippen LogP contribution in [0.15, 0.2) is 18.2 Å². The summed E-state index contributed by atoms with van der Waals surface area (Å²) in [6, 6.07) is 7.08. The Morgan fingerprint density at radius 1 is 1.35 bits per heavy atom. The van der Waals surface area contributed by atoms with Gasteiger partial charge >= 0.3 is 0 Å². The Hall–Kier alpha value is -0.820. The van der Waals surface area contributed by atoms with Crippen LogP contribution in [0.3, 0.4) is 0 Å². The molecule has 1 aliphatic rings. The molecule has 1 heteroatoms. The van der Waals surface area contributed by atoms with E-state index in [0.29, 0.717) is 11.3 Å². The molecule has 0 spiro atoms. The van der Waals surface area contributed by atoms with E-state index < -0.39 is 0 Å². The van der Waals surface area contributed by atoms with Gasteiger partial charge in [-0.1, -0.05) is 39.0 Å². The van der Waals surface area contributed by atoms with Gasteiger partial charge in [0.05, 0.1) is 0 Å². The van der Waals surface area contributed by atoms with Gasteiger partial charge in [0.2, 0.25) is 0 Å². The highest BCUT2D eigenvalue weighted by molar-refractivity contribution is 5.41. The Kier molecular flexibility index (Phi) is 3.58. The molecule has 1 aromatic rings. The molecule has 0 saturated heterocycles. The first-order chi connectivity index (χ1) is 8.08. The van der Waals surface area contributed by atoms with Crippen LogP contribution >= 0.6 is 0 Å². The molecule has 1 atom stereocenters. The lowest BCUT2D eigenvalue weighted by Crippen LogP contribution is -2.27. The first kappa shape index (κ1) is 12.6. The average Bonchev–Trinajstić information content (AvgIpc) is 2.32. The number of fused-ring (bicyclic) bond motifs is 1. The highest BCUT2D eigenvalue weighted by Crippen LogP contribution is 2.43. The minimum absolute atomic E-state index is 0.340. The average molecular weight is 231 g/mol. The van der Waals surface area contributed by atoms with E-state index in [4.69, 9.17) is 5.73 Å². The molecule has 0 aromatic heterocycles. The second-order valence-electron chi connectivity index (χ2n) is 5.97. The fourth-order valence-electron chi connectivity index (χ4n) is 3.11. The predicted octanol–water partition coefficient (Wildman–Crippen LogP) is 3.75. The van der Waals surface area contributed by atoms with Gasteiger partial charge in [-0.3, -0.25) is 0 Å². The van der Waals surface area contributed by atoms with Crippen LogP contribution < -0.4 is 5.73 Å². The lowest BCUT2D eigenvalue weighted by atomic mass is 9.67. The molecule has 0 fully saturated rings. The summed E-state index contributed by atoms with van der Waals surface area (Å²) in [7, 11) is 0. The standard InChI is InChI=1S/C16H25N/c1-4-12-5-6-15-14(11-12)13(8-10-17)7-9-16(15,2)3/h5-6,11,13H,4,7-10,17H2,1-3H3. The molecule has 0 aliphatic heterocycles. The van der Waals surface area contributed by atoms with E-state index in [1.165, 1.54) is 18.4 Å². The molecule has 1 unspecified atom stereocenters. The Bertz CT molecular complexity index is 393. The van der Waals surface area contributed by atoms with Gasteiger partial charge in [-0.25, -0.2) is 0 Å². The van der Waals surface area contributed by atoms with Crippen LogP contribution in [0.4, 0.5) is 0 Å². The molecule has 2 rings (SSSR count). The van der Waals surface area contributed by atoms with Crippen LogP contribution in [0.2, 0.25) is 0 Å². The summed E-state index contributed by atoms with van der Waals surface area (Å²) < 4.78 is 0. The van der Waals surface area contributed by atoms with Crippen molar-refractivity contribution in [1.82, 2.24) is 0 Å². The Morgan fingerprint density at radius 2 is 2.12 bits per heavy atom. The van der Waals surface area contributed by atoms with Gasteiger partial charge in [0.15, 0.2) is 0 Å². The van der Waals surface area contributed by atoms with E-state index in [1.54, 1.807) is 11.1 Å². The summed E-state index contributed by atoms with van der Waals surface area (Å²) in [5.74, 6) is 0.689. The molecule has 0 bridgehead atoms. The summed E-state index contributed by atoms with van der Waals surface area (Å²) in [6.07, 6.45) is 4.85. The molecule has 0 amide bonds. The van der Waals surface area contributed by atoms with Crippen LogP contribution in [0, 0.1) is 0 Å². The van der Waals surface area contributed by atoms with Crippen LogP contribution in [-0.2, 0) is 11.8 Å². The van der Waals surface area contributed by atoms with E-state index in [0.717, 1.165) is 19.4 Å². The smallest absolute Gasteiger partial charge is 0.00714 e. The second kappa shape index (κ2) is 4.81. The van der Waals surface area contributed by atoms with E-state index in [-0.39, 0.29) is 0 Å². The van der Waals surface area contributed by atoms with Crippen LogP contribution in [0.1, 0.15) is 62.6 Å². The molecule has 17 heavy (non-hydrogen) atoms. The van der Waals surface area contributed by atoms with Crippen LogP contribution in [0.25, 0.3) is 0 Å². The molecular weight excluding hydrogens is 206 g/mol. The minimum atomic E-state index is 0.340. The maximum absolute atomic E-state index is 5.75. The molecule has 1 aromatic carbocycles. The lowest BCUT2D eigenvalue weighted by molar-refractivity contribution is 0.383. The molecule has 0 saturated carbocycles. The third-order valence-electron chi connectivity index (χ3n) is 4.33. The molecule has 0 radical (unpaired) electrons.